The first-order valence-corrected chi connectivity index (χ1v) is 8.91. The van der Waals surface area contributed by atoms with Crippen molar-refractivity contribution in [1.29, 1.82) is 0 Å². The van der Waals surface area contributed by atoms with Crippen LogP contribution in [0, 0.1) is 0 Å². The maximum Gasteiger partial charge on any atom is 0.339 e. The zero-order chi connectivity index (χ0) is 19.9. The number of methoxy groups -OCH3 is 1. The van der Waals surface area contributed by atoms with Crippen molar-refractivity contribution in [3.8, 4) is 5.75 Å². The number of hydrogen-bond donors (Lipinski definition) is 1. The average Bonchev–Trinajstić information content (AvgIpc) is 2.73. The highest BCUT2D eigenvalue weighted by Crippen LogP contribution is 2.21. The van der Waals surface area contributed by atoms with Crippen LogP contribution in [0.1, 0.15) is 26.3 Å². The van der Waals surface area contributed by atoms with Crippen molar-refractivity contribution >= 4 is 29.2 Å². The van der Waals surface area contributed by atoms with E-state index in [9.17, 15) is 9.59 Å². The number of rotatable bonds is 6. The molecule has 0 saturated heterocycles. The van der Waals surface area contributed by atoms with Crippen LogP contribution < -0.4 is 10.1 Å². The number of halogens is 1. The fourth-order valence-corrected chi connectivity index (χ4v) is 2.77. The number of amides is 1. The summed E-state index contributed by atoms with van der Waals surface area (Å²) in [5.74, 6) is -0.346. The lowest BCUT2D eigenvalue weighted by molar-refractivity contribution is 0.0602. The quantitative estimate of drug-likeness (QED) is 0.599. The molecule has 0 aromatic heterocycles. The molecule has 0 atom stereocenters. The Morgan fingerprint density at radius 1 is 0.964 bits per heavy atom. The minimum Gasteiger partial charge on any atom is -0.489 e. The summed E-state index contributed by atoms with van der Waals surface area (Å²) in [6, 6.07) is 20.8. The maximum absolute atomic E-state index is 12.6. The molecule has 3 rings (SSSR count). The Balaban J connectivity index is 1.73. The van der Waals surface area contributed by atoms with Crippen LogP contribution >= 0.6 is 11.6 Å². The molecule has 0 saturated carbocycles. The fraction of sp³-hybridized carbons (Fsp3) is 0.0909. The molecule has 0 aliphatic carbocycles. The Kier molecular flexibility index (Phi) is 6.29. The highest BCUT2D eigenvalue weighted by atomic mass is 35.5. The zero-order valence-electron chi connectivity index (χ0n) is 15.1. The van der Waals surface area contributed by atoms with E-state index in [0.717, 1.165) is 5.56 Å². The summed E-state index contributed by atoms with van der Waals surface area (Å²) in [6.45, 7) is 0.288. The van der Waals surface area contributed by atoms with E-state index in [2.05, 4.69) is 5.32 Å². The van der Waals surface area contributed by atoms with E-state index < -0.39 is 5.97 Å². The molecule has 0 radical (unpaired) electrons. The number of carbonyl (C=O) groups excluding carboxylic acids is 2. The Bertz CT molecular complexity index is 1000. The molecule has 0 spiro atoms. The van der Waals surface area contributed by atoms with E-state index in [4.69, 9.17) is 21.1 Å². The van der Waals surface area contributed by atoms with Gasteiger partial charge in [-0.1, -0.05) is 48.0 Å². The van der Waals surface area contributed by atoms with Crippen molar-refractivity contribution in [2.24, 2.45) is 0 Å². The summed E-state index contributed by atoms with van der Waals surface area (Å²) >= 11 is 6.13. The van der Waals surface area contributed by atoms with Gasteiger partial charge in [0, 0.05) is 16.1 Å². The third-order valence-corrected chi connectivity index (χ3v) is 4.40. The van der Waals surface area contributed by atoms with Crippen LogP contribution in [0.3, 0.4) is 0 Å². The van der Waals surface area contributed by atoms with E-state index in [-0.39, 0.29) is 18.1 Å². The molecule has 0 bridgehead atoms. The van der Waals surface area contributed by atoms with Gasteiger partial charge in [0.1, 0.15) is 12.4 Å². The Labute approximate surface area is 167 Å². The lowest BCUT2D eigenvalue weighted by Crippen LogP contribution is -2.15. The molecule has 1 amide bonds. The second-order valence-corrected chi connectivity index (χ2v) is 6.31. The van der Waals surface area contributed by atoms with Crippen molar-refractivity contribution in [3.05, 3.63) is 94.5 Å². The topological polar surface area (TPSA) is 64.6 Å². The van der Waals surface area contributed by atoms with Crippen molar-refractivity contribution in [3.63, 3.8) is 0 Å². The highest BCUT2D eigenvalue weighted by molar-refractivity contribution is 6.31. The van der Waals surface area contributed by atoms with Gasteiger partial charge in [0.25, 0.3) is 5.91 Å². The second-order valence-electron chi connectivity index (χ2n) is 5.90. The Morgan fingerprint density at radius 2 is 1.71 bits per heavy atom. The van der Waals surface area contributed by atoms with E-state index in [1.807, 2.05) is 18.2 Å². The third kappa shape index (κ3) is 4.69. The predicted octanol–water partition coefficient (Wildman–Crippen LogP) is 4.96. The summed E-state index contributed by atoms with van der Waals surface area (Å²) in [6.07, 6.45) is 0. The Hall–Kier alpha value is -3.31. The van der Waals surface area contributed by atoms with Crippen LogP contribution in [-0.2, 0) is 11.3 Å². The van der Waals surface area contributed by atoms with Gasteiger partial charge >= 0.3 is 5.97 Å². The van der Waals surface area contributed by atoms with Gasteiger partial charge in [-0.05, 0) is 36.4 Å². The van der Waals surface area contributed by atoms with Gasteiger partial charge in [-0.2, -0.15) is 0 Å². The Morgan fingerprint density at radius 3 is 2.50 bits per heavy atom. The first-order chi connectivity index (χ1) is 13.6. The van der Waals surface area contributed by atoms with Crippen LogP contribution in [0.15, 0.2) is 72.8 Å². The molecule has 0 aliphatic rings. The normalized spacial score (nSPS) is 10.2. The van der Waals surface area contributed by atoms with Gasteiger partial charge in [0.2, 0.25) is 0 Å². The van der Waals surface area contributed by atoms with E-state index in [1.54, 1.807) is 54.6 Å². The SMILES string of the molecule is COC(=O)c1ccccc1NC(=O)c1cccc(OCc2ccccc2Cl)c1. The highest BCUT2D eigenvalue weighted by Gasteiger charge is 2.14. The van der Waals surface area contributed by atoms with Gasteiger partial charge in [-0.25, -0.2) is 4.79 Å². The minimum absolute atomic E-state index is 0.282. The van der Waals surface area contributed by atoms with Crippen LogP contribution in [-0.4, -0.2) is 19.0 Å². The van der Waals surface area contributed by atoms with Gasteiger partial charge in [0.05, 0.1) is 18.4 Å². The molecule has 28 heavy (non-hydrogen) atoms. The molecule has 5 nitrogen and oxygen atoms in total. The van der Waals surface area contributed by atoms with Crippen LogP contribution in [0.5, 0.6) is 5.75 Å². The number of para-hydroxylation sites is 1. The summed E-state index contributed by atoms with van der Waals surface area (Å²) in [5, 5.41) is 3.36. The summed E-state index contributed by atoms with van der Waals surface area (Å²) < 4.78 is 10.5. The van der Waals surface area contributed by atoms with Crippen molar-refractivity contribution in [2.75, 3.05) is 12.4 Å². The number of carbonyl (C=O) groups is 2. The number of benzene rings is 3. The fourth-order valence-electron chi connectivity index (χ4n) is 2.58. The predicted molar refractivity (Wildman–Crippen MR) is 108 cm³/mol. The largest absolute Gasteiger partial charge is 0.489 e. The second kappa shape index (κ2) is 9.06. The van der Waals surface area contributed by atoms with Gasteiger partial charge in [0.15, 0.2) is 0 Å². The van der Waals surface area contributed by atoms with Gasteiger partial charge in [-0.3, -0.25) is 4.79 Å². The van der Waals surface area contributed by atoms with Crippen molar-refractivity contribution < 1.29 is 19.1 Å². The third-order valence-electron chi connectivity index (χ3n) is 4.03. The average molecular weight is 396 g/mol. The first kappa shape index (κ1) is 19.5. The molecule has 0 aliphatic heterocycles. The molecule has 0 unspecified atom stereocenters. The van der Waals surface area contributed by atoms with Gasteiger partial charge < -0.3 is 14.8 Å². The van der Waals surface area contributed by atoms with Crippen molar-refractivity contribution in [2.45, 2.75) is 6.61 Å². The van der Waals surface area contributed by atoms with E-state index >= 15 is 0 Å². The zero-order valence-corrected chi connectivity index (χ0v) is 15.9. The minimum atomic E-state index is -0.521. The molecule has 3 aromatic carbocycles. The molecule has 6 heteroatoms. The number of ether oxygens (including phenoxy) is 2. The lowest BCUT2D eigenvalue weighted by atomic mass is 10.1. The first-order valence-electron chi connectivity index (χ1n) is 8.53. The van der Waals surface area contributed by atoms with E-state index in [1.165, 1.54) is 7.11 Å². The summed E-state index contributed by atoms with van der Waals surface area (Å²) in [7, 11) is 1.29. The standard InChI is InChI=1S/C22H18ClNO4/c1-27-22(26)18-10-3-5-12-20(18)24-21(25)15-8-6-9-17(13-15)28-14-16-7-2-4-11-19(16)23/h2-13H,14H2,1H3,(H,24,25). The number of hydrogen-bond acceptors (Lipinski definition) is 4. The van der Waals surface area contributed by atoms with Crippen LogP contribution in [0.4, 0.5) is 5.69 Å². The molecule has 1 N–H and O–H groups in total. The summed E-state index contributed by atoms with van der Waals surface area (Å²) in [4.78, 5) is 24.5. The van der Waals surface area contributed by atoms with Crippen molar-refractivity contribution in [1.82, 2.24) is 0 Å². The van der Waals surface area contributed by atoms with Crippen LogP contribution in [0.25, 0.3) is 0 Å². The number of nitrogens with one attached hydrogen (secondary N) is 1. The van der Waals surface area contributed by atoms with Gasteiger partial charge in [-0.15, -0.1) is 0 Å². The molecule has 0 fully saturated rings. The molecule has 0 heterocycles. The van der Waals surface area contributed by atoms with Crippen LogP contribution in [0.2, 0.25) is 5.02 Å². The number of esters is 1. The molecule has 142 valence electrons. The summed E-state index contributed by atoms with van der Waals surface area (Å²) in [5.41, 5.74) is 1.91. The number of anilines is 1. The smallest absolute Gasteiger partial charge is 0.339 e. The molecule has 3 aromatic rings. The van der Waals surface area contributed by atoms with E-state index in [0.29, 0.717) is 22.0 Å². The maximum atomic E-state index is 12.6. The monoisotopic (exact) mass is 395 g/mol. The molecular formula is C22H18ClNO4. The lowest BCUT2D eigenvalue weighted by Gasteiger charge is -2.11. The molecular weight excluding hydrogens is 378 g/mol.